The van der Waals surface area contributed by atoms with Gasteiger partial charge in [0.25, 0.3) is 0 Å². The number of aromatic amines is 1. The van der Waals surface area contributed by atoms with Gasteiger partial charge in [-0.15, -0.1) is 24.8 Å². The molecule has 1 aliphatic heterocycles. The zero-order chi connectivity index (χ0) is 8.39. The highest BCUT2D eigenvalue weighted by Crippen LogP contribution is 2.24. The molecule has 2 rings (SSSR count). The van der Waals surface area contributed by atoms with Gasteiger partial charge in [0.1, 0.15) is 0 Å². The van der Waals surface area contributed by atoms with Gasteiger partial charge in [-0.25, -0.2) is 4.39 Å². The second kappa shape index (κ2) is 6.22. The van der Waals surface area contributed by atoms with E-state index < -0.39 is 0 Å². The predicted molar refractivity (Wildman–Crippen MR) is 57.9 cm³/mol. The van der Waals surface area contributed by atoms with Crippen molar-refractivity contribution in [3.63, 3.8) is 0 Å². The number of hydrogen-bond donors (Lipinski definition) is 2. The summed E-state index contributed by atoms with van der Waals surface area (Å²) in [6.45, 7) is 1.95. The van der Waals surface area contributed by atoms with Crippen LogP contribution in [0.2, 0.25) is 0 Å². The van der Waals surface area contributed by atoms with Crippen LogP contribution < -0.4 is 5.32 Å². The first kappa shape index (κ1) is 13.7. The molecule has 0 unspecified atom stereocenters. The first-order valence-electron chi connectivity index (χ1n) is 4.27. The minimum Gasteiger partial charge on any atom is -0.317 e. The van der Waals surface area contributed by atoms with Gasteiger partial charge in [0.15, 0.2) is 5.82 Å². The Balaban J connectivity index is 0.000000845. The van der Waals surface area contributed by atoms with Gasteiger partial charge in [-0.05, 0) is 25.9 Å². The van der Waals surface area contributed by atoms with Crippen LogP contribution in [0.5, 0.6) is 0 Å². The Labute approximate surface area is 94.7 Å². The smallest absolute Gasteiger partial charge is 0.164 e. The molecule has 0 aliphatic carbocycles. The van der Waals surface area contributed by atoms with Crippen LogP contribution in [0.15, 0.2) is 6.20 Å². The fourth-order valence-corrected chi connectivity index (χ4v) is 1.68. The van der Waals surface area contributed by atoms with Gasteiger partial charge in [0.05, 0.1) is 11.9 Å². The quantitative estimate of drug-likeness (QED) is 0.789. The molecule has 0 bridgehead atoms. The number of hydrogen-bond acceptors (Lipinski definition) is 2. The van der Waals surface area contributed by atoms with Gasteiger partial charge >= 0.3 is 0 Å². The molecular weight excluding hydrogens is 228 g/mol. The van der Waals surface area contributed by atoms with Crippen molar-refractivity contribution in [2.75, 3.05) is 13.1 Å². The average molecular weight is 242 g/mol. The SMILES string of the molecule is Cl.Cl.Fc1cn[nH]c1C1CCNCC1. The molecule has 2 N–H and O–H groups in total. The van der Waals surface area contributed by atoms with E-state index in [0.29, 0.717) is 11.6 Å². The van der Waals surface area contributed by atoms with Crippen LogP contribution >= 0.6 is 24.8 Å². The molecule has 0 amide bonds. The fourth-order valence-electron chi connectivity index (χ4n) is 1.68. The standard InChI is InChI=1S/C8H12FN3.2ClH/c9-7-5-11-12-8(7)6-1-3-10-4-2-6;;/h5-6,10H,1-4H2,(H,11,12);2*1H. The Morgan fingerprint density at radius 1 is 1.29 bits per heavy atom. The summed E-state index contributed by atoms with van der Waals surface area (Å²) in [6, 6.07) is 0. The van der Waals surface area contributed by atoms with Crippen LogP contribution in [0.1, 0.15) is 24.5 Å². The van der Waals surface area contributed by atoms with E-state index in [4.69, 9.17) is 0 Å². The molecule has 0 saturated carbocycles. The summed E-state index contributed by atoms with van der Waals surface area (Å²) in [5, 5.41) is 9.64. The molecule has 1 fully saturated rings. The minimum atomic E-state index is -0.193. The van der Waals surface area contributed by atoms with Crippen molar-refractivity contribution in [1.29, 1.82) is 0 Å². The van der Waals surface area contributed by atoms with E-state index in [1.165, 1.54) is 6.20 Å². The number of piperidine rings is 1. The molecule has 0 spiro atoms. The van der Waals surface area contributed by atoms with Crippen LogP contribution in [-0.4, -0.2) is 23.3 Å². The molecule has 0 atom stereocenters. The Bertz CT molecular complexity index is 261. The first-order chi connectivity index (χ1) is 5.88. The van der Waals surface area contributed by atoms with Crippen LogP contribution in [0.25, 0.3) is 0 Å². The maximum atomic E-state index is 13.0. The second-order valence-electron chi connectivity index (χ2n) is 3.16. The number of aromatic nitrogens is 2. The summed E-state index contributed by atoms with van der Waals surface area (Å²) in [5.74, 6) is 0.135. The summed E-state index contributed by atoms with van der Waals surface area (Å²) in [6.07, 6.45) is 3.25. The third-order valence-electron chi connectivity index (χ3n) is 2.37. The topological polar surface area (TPSA) is 40.7 Å². The van der Waals surface area contributed by atoms with E-state index in [0.717, 1.165) is 25.9 Å². The van der Waals surface area contributed by atoms with Crippen molar-refractivity contribution in [3.05, 3.63) is 17.7 Å². The molecule has 1 aromatic rings. The highest BCUT2D eigenvalue weighted by atomic mass is 35.5. The molecular formula is C8H14Cl2FN3. The molecule has 0 aromatic carbocycles. The number of nitrogens with one attached hydrogen (secondary N) is 2. The van der Waals surface area contributed by atoms with E-state index in [1.54, 1.807) is 0 Å². The lowest BCUT2D eigenvalue weighted by atomic mass is 9.95. The Morgan fingerprint density at radius 2 is 1.93 bits per heavy atom. The zero-order valence-corrected chi connectivity index (χ0v) is 9.26. The average Bonchev–Trinajstić information content (AvgIpc) is 2.53. The lowest BCUT2D eigenvalue weighted by Crippen LogP contribution is -2.27. The van der Waals surface area contributed by atoms with Crippen LogP contribution in [0.4, 0.5) is 4.39 Å². The number of H-pyrrole nitrogens is 1. The Kier molecular flexibility index (Phi) is 6.08. The van der Waals surface area contributed by atoms with Gasteiger partial charge in [-0.2, -0.15) is 5.10 Å². The maximum Gasteiger partial charge on any atom is 0.164 e. The maximum absolute atomic E-state index is 13.0. The van der Waals surface area contributed by atoms with E-state index in [9.17, 15) is 4.39 Å². The van der Waals surface area contributed by atoms with Crippen molar-refractivity contribution in [2.24, 2.45) is 0 Å². The number of rotatable bonds is 1. The van der Waals surface area contributed by atoms with Crippen molar-refractivity contribution in [1.82, 2.24) is 15.5 Å². The van der Waals surface area contributed by atoms with Crippen LogP contribution in [0.3, 0.4) is 0 Å². The lowest BCUT2D eigenvalue weighted by molar-refractivity contribution is 0.438. The summed E-state index contributed by atoms with van der Waals surface area (Å²) < 4.78 is 13.0. The van der Waals surface area contributed by atoms with Gasteiger partial charge < -0.3 is 5.32 Å². The molecule has 14 heavy (non-hydrogen) atoms. The monoisotopic (exact) mass is 241 g/mol. The zero-order valence-electron chi connectivity index (χ0n) is 7.62. The van der Waals surface area contributed by atoms with E-state index >= 15 is 0 Å². The second-order valence-corrected chi connectivity index (χ2v) is 3.16. The summed E-state index contributed by atoms with van der Waals surface area (Å²) in [4.78, 5) is 0. The number of halogens is 3. The molecule has 2 heterocycles. The largest absolute Gasteiger partial charge is 0.317 e. The summed E-state index contributed by atoms with van der Waals surface area (Å²) in [5.41, 5.74) is 0.677. The molecule has 0 radical (unpaired) electrons. The number of nitrogens with zero attached hydrogens (tertiary/aromatic N) is 1. The summed E-state index contributed by atoms with van der Waals surface area (Å²) >= 11 is 0. The Morgan fingerprint density at radius 3 is 2.43 bits per heavy atom. The molecule has 1 saturated heterocycles. The lowest BCUT2D eigenvalue weighted by Gasteiger charge is -2.21. The fraction of sp³-hybridized carbons (Fsp3) is 0.625. The van der Waals surface area contributed by atoms with E-state index in [2.05, 4.69) is 15.5 Å². The highest BCUT2D eigenvalue weighted by Gasteiger charge is 2.19. The minimum absolute atomic E-state index is 0. The Hall–Kier alpha value is -0.320. The molecule has 3 nitrogen and oxygen atoms in total. The van der Waals surface area contributed by atoms with Gasteiger partial charge in [-0.1, -0.05) is 0 Å². The van der Waals surface area contributed by atoms with Gasteiger partial charge in [0.2, 0.25) is 0 Å². The molecule has 1 aromatic heterocycles. The van der Waals surface area contributed by atoms with Crippen molar-refractivity contribution in [2.45, 2.75) is 18.8 Å². The predicted octanol–water partition coefficient (Wildman–Crippen LogP) is 1.86. The van der Waals surface area contributed by atoms with E-state index in [-0.39, 0.29) is 30.6 Å². The van der Waals surface area contributed by atoms with Crippen LogP contribution in [0, 0.1) is 5.82 Å². The molecule has 1 aliphatic rings. The first-order valence-corrected chi connectivity index (χ1v) is 4.27. The van der Waals surface area contributed by atoms with Crippen LogP contribution in [-0.2, 0) is 0 Å². The van der Waals surface area contributed by atoms with Gasteiger partial charge in [0, 0.05) is 5.92 Å². The highest BCUT2D eigenvalue weighted by molar-refractivity contribution is 5.85. The third kappa shape index (κ3) is 2.83. The van der Waals surface area contributed by atoms with Crippen molar-refractivity contribution >= 4 is 24.8 Å². The van der Waals surface area contributed by atoms with E-state index in [1.807, 2.05) is 0 Å². The van der Waals surface area contributed by atoms with Crippen molar-refractivity contribution < 1.29 is 4.39 Å². The summed E-state index contributed by atoms with van der Waals surface area (Å²) in [7, 11) is 0. The van der Waals surface area contributed by atoms with Crippen molar-refractivity contribution in [3.8, 4) is 0 Å². The molecule has 82 valence electrons. The van der Waals surface area contributed by atoms with Gasteiger partial charge in [-0.3, -0.25) is 5.10 Å². The normalized spacial score (nSPS) is 16.9. The third-order valence-corrected chi connectivity index (χ3v) is 2.37. The molecule has 6 heteroatoms.